The number of aromatic nitrogens is 1. The van der Waals surface area contributed by atoms with Crippen LogP contribution in [0.15, 0.2) is 54.3 Å². The lowest BCUT2D eigenvalue weighted by atomic mass is 9.99. The first-order valence-corrected chi connectivity index (χ1v) is 6.20. The monoisotopic (exact) mass is 264 g/mol. The maximum Gasteiger partial charge on any atom is 0.0706 e. The zero-order valence-electron chi connectivity index (χ0n) is 11.3. The van der Waals surface area contributed by atoms with E-state index >= 15 is 0 Å². The van der Waals surface area contributed by atoms with Gasteiger partial charge in [-0.25, -0.2) is 0 Å². The second-order valence-corrected chi connectivity index (χ2v) is 4.25. The van der Waals surface area contributed by atoms with Gasteiger partial charge in [0.2, 0.25) is 0 Å². The molecule has 1 heterocycles. The lowest BCUT2D eigenvalue weighted by Gasteiger charge is -2.10. The third kappa shape index (κ3) is 2.80. The molecule has 0 aliphatic rings. The van der Waals surface area contributed by atoms with Gasteiger partial charge in [-0.05, 0) is 31.2 Å². The van der Waals surface area contributed by atoms with Gasteiger partial charge in [0, 0.05) is 41.0 Å². The minimum Gasteiger partial charge on any atom is -0.398 e. The van der Waals surface area contributed by atoms with Crippen molar-refractivity contribution in [3.8, 4) is 0 Å². The number of pyridine rings is 1. The zero-order valence-corrected chi connectivity index (χ0v) is 11.3. The SMILES string of the molecule is C=C(N=CC)c1ccc(N)c(C(=N)c2ccncc2)c1. The largest absolute Gasteiger partial charge is 0.398 e. The zero-order chi connectivity index (χ0) is 14.5. The average molecular weight is 264 g/mol. The number of nitrogens with two attached hydrogens (primary N) is 1. The van der Waals surface area contributed by atoms with E-state index in [2.05, 4.69) is 16.6 Å². The first kappa shape index (κ1) is 13.7. The maximum atomic E-state index is 8.28. The highest BCUT2D eigenvalue weighted by Gasteiger charge is 2.10. The van der Waals surface area contributed by atoms with Crippen molar-refractivity contribution in [2.24, 2.45) is 4.99 Å². The quantitative estimate of drug-likeness (QED) is 0.657. The van der Waals surface area contributed by atoms with Gasteiger partial charge in [-0.1, -0.05) is 12.6 Å². The number of nitrogen functional groups attached to an aromatic ring is 1. The molecule has 0 atom stereocenters. The average Bonchev–Trinajstić information content (AvgIpc) is 2.48. The molecule has 2 aromatic rings. The third-order valence-electron chi connectivity index (χ3n) is 2.91. The summed E-state index contributed by atoms with van der Waals surface area (Å²) in [6.45, 7) is 5.73. The molecule has 0 radical (unpaired) electrons. The standard InChI is InChI=1S/C16H16N4/c1-3-20-11(2)13-4-5-15(17)14(10-13)16(18)12-6-8-19-9-7-12/h3-10,18H,2,17H2,1H3. The fraction of sp³-hybridized carbons (Fsp3) is 0.0625. The summed E-state index contributed by atoms with van der Waals surface area (Å²) in [7, 11) is 0. The molecular weight excluding hydrogens is 248 g/mol. The molecule has 4 heteroatoms. The number of hydrogen-bond acceptors (Lipinski definition) is 4. The summed E-state index contributed by atoms with van der Waals surface area (Å²) < 4.78 is 0. The van der Waals surface area contributed by atoms with Gasteiger partial charge in [0.15, 0.2) is 0 Å². The van der Waals surface area contributed by atoms with Crippen LogP contribution in [0.4, 0.5) is 5.69 Å². The highest BCUT2D eigenvalue weighted by atomic mass is 14.7. The van der Waals surface area contributed by atoms with Crippen LogP contribution in [0.3, 0.4) is 0 Å². The van der Waals surface area contributed by atoms with Crippen LogP contribution in [-0.2, 0) is 0 Å². The number of aliphatic imine (C=N–C) groups is 1. The van der Waals surface area contributed by atoms with Crippen molar-refractivity contribution >= 4 is 23.3 Å². The molecule has 3 N–H and O–H groups in total. The van der Waals surface area contributed by atoms with Crippen LogP contribution in [0.2, 0.25) is 0 Å². The Hall–Kier alpha value is -2.75. The van der Waals surface area contributed by atoms with E-state index in [9.17, 15) is 0 Å². The molecule has 0 aliphatic carbocycles. The summed E-state index contributed by atoms with van der Waals surface area (Å²) in [6.07, 6.45) is 5.00. The summed E-state index contributed by atoms with van der Waals surface area (Å²) in [6, 6.07) is 9.04. The van der Waals surface area contributed by atoms with Gasteiger partial charge in [0.1, 0.15) is 0 Å². The predicted octanol–water partition coefficient (Wildman–Crippen LogP) is 3.14. The Balaban J connectivity index is 2.44. The molecule has 0 aliphatic heterocycles. The van der Waals surface area contributed by atoms with Gasteiger partial charge in [0.25, 0.3) is 0 Å². The molecule has 100 valence electrons. The smallest absolute Gasteiger partial charge is 0.0706 e. The van der Waals surface area contributed by atoms with Crippen LogP contribution in [0, 0.1) is 5.41 Å². The van der Waals surface area contributed by atoms with Crippen LogP contribution >= 0.6 is 0 Å². The number of rotatable bonds is 4. The molecule has 20 heavy (non-hydrogen) atoms. The first-order valence-electron chi connectivity index (χ1n) is 6.20. The van der Waals surface area contributed by atoms with Gasteiger partial charge >= 0.3 is 0 Å². The summed E-state index contributed by atoms with van der Waals surface area (Å²) in [5.74, 6) is 0. The van der Waals surface area contributed by atoms with E-state index in [1.54, 1.807) is 36.8 Å². The van der Waals surface area contributed by atoms with Crippen LogP contribution < -0.4 is 5.73 Å². The Morgan fingerprint density at radius 3 is 2.60 bits per heavy atom. The van der Waals surface area contributed by atoms with E-state index in [4.69, 9.17) is 11.1 Å². The Morgan fingerprint density at radius 2 is 1.95 bits per heavy atom. The maximum absolute atomic E-state index is 8.28. The third-order valence-corrected chi connectivity index (χ3v) is 2.91. The van der Waals surface area contributed by atoms with E-state index in [-0.39, 0.29) is 0 Å². The lowest BCUT2D eigenvalue weighted by molar-refractivity contribution is 1.31. The molecule has 0 fully saturated rings. The van der Waals surface area contributed by atoms with Crippen molar-refractivity contribution in [3.63, 3.8) is 0 Å². The highest BCUT2D eigenvalue weighted by Crippen LogP contribution is 2.22. The topological polar surface area (TPSA) is 75.1 Å². The molecule has 0 bridgehead atoms. The van der Waals surface area contributed by atoms with E-state index < -0.39 is 0 Å². The predicted molar refractivity (Wildman–Crippen MR) is 84.2 cm³/mol. The van der Waals surface area contributed by atoms with E-state index in [1.807, 2.05) is 19.1 Å². The van der Waals surface area contributed by atoms with Gasteiger partial charge in [0.05, 0.1) is 11.4 Å². The number of benzene rings is 1. The second kappa shape index (κ2) is 5.93. The summed E-state index contributed by atoms with van der Waals surface area (Å²) in [5, 5.41) is 8.28. The Bertz CT molecular complexity index is 672. The van der Waals surface area contributed by atoms with Crippen molar-refractivity contribution in [2.45, 2.75) is 6.92 Å². The molecule has 0 saturated carbocycles. The summed E-state index contributed by atoms with van der Waals surface area (Å²) in [5.41, 5.74) is 9.84. The highest BCUT2D eigenvalue weighted by molar-refractivity contribution is 6.14. The summed E-state index contributed by atoms with van der Waals surface area (Å²) >= 11 is 0. The Labute approximate surface area is 118 Å². The van der Waals surface area contributed by atoms with Crippen LogP contribution in [0.25, 0.3) is 5.70 Å². The Kier molecular flexibility index (Phi) is 4.05. The van der Waals surface area contributed by atoms with Crippen molar-refractivity contribution in [2.75, 3.05) is 5.73 Å². The van der Waals surface area contributed by atoms with Gasteiger partial charge in [-0.15, -0.1) is 0 Å². The molecule has 0 unspecified atom stereocenters. The second-order valence-electron chi connectivity index (χ2n) is 4.25. The molecular formula is C16H16N4. The molecule has 1 aromatic heterocycles. The fourth-order valence-corrected chi connectivity index (χ4v) is 1.86. The van der Waals surface area contributed by atoms with Crippen molar-refractivity contribution in [1.29, 1.82) is 5.41 Å². The first-order chi connectivity index (χ1) is 9.63. The van der Waals surface area contributed by atoms with Crippen molar-refractivity contribution < 1.29 is 0 Å². The Morgan fingerprint density at radius 1 is 1.25 bits per heavy atom. The lowest BCUT2D eigenvalue weighted by Crippen LogP contribution is -2.06. The minimum absolute atomic E-state index is 0.361. The van der Waals surface area contributed by atoms with Crippen molar-refractivity contribution in [1.82, 2.24) is 4.98 Å². The molecule has 0 spiro atoms. The molecule has 0 amide bonds. The molecule has 2 rings (SSSR count). The van der Waals surface area contributed by atoms with Gasteiger partial charge in [-0.3, -0.25) is 15.4 Å². The number of anilines is 1. The van der Waals surface area contributed by atoms with Crippen LogP contribution in [0.5, 0.6) is 0 Å². The van der Waals surface area contributed by atoms with Gasteiger partial charge in [-0.2, -0.15) is 0 Å². The number of hydrogen-bond donors (Lipinski definition) is 2. The van der Waals surface area contributed by atoms with E-state index in [0.717, 1.165) is 11.1 Å². The minimum atomic E-state index is 0.361. The van der Waals surface area contributed by atoms with E-state index in [0.29, 0.717) is 22.7 Å². The normalized spacial score (nSPS) is 10.7. The molecule has 0 saturated heterocycles. The summed E-state index contributed by atoms with van der Waals surface area (Å²) in [4.78, 5) is 8.11. The van der Waals surface area contributed by atoms with Gasteiger partial charge < -0.3 is 5.73 Å². The van der Waals surface area contributed by atoms with Crippen molar-refractivity contribution in [3.05, 3.63) is 66.0 Å². The fourth-order valence-electron chi connectivity index (χ4n) is 1.86. The van der Waals surface area contributed by atoms with Crippen LogP contribution in [0.1, 0.15) is 23.6 Å². The molecule has 4 nitrogen and oxygen atoms in total. The number of nitrogens with zero attached hydrogens (tertiary/aromatic N) is 2. The van der Waals surface area contributed by atoms with Crippen LogP contribution in [-0.4, -0.2) is 16.9 Å². The number of nitrogens with one attached hydrogen (secondary N) is 1. The van der Waals surface area contributed by atoms with E-state index in [1.165, 1.54) is 0 Å². The molecule has 1 aromatic carbocycles.